The first-order valence-corrected chi connectivity index (χ1v) is 10.4. The fourth-order valence-corrected chi connectivity index (χ4v) is 4.71. The van der Waals surface area contributed by atoms with Gasteiger partial charge in [0.1, 0.15) is 23.0 Å². The van der Waals surface area contributed by atoms with Crippen molar-refractivity contribution in [2.75, 3.05) is 11.5 Å². The van der Waals surface area contributed by atoms with Crippen LogP contribution in [0.15, 0.2) is 28.9 Å². The molecule has 28 heavy (non-hydrogen) atoms. The molecule has 9 nitrogen and oxygen atoms in total. The Bertz CT molecular complexity index is 1050. The highest BCUT2D eigenvalue weighted by molar-refractivity contribution is 7.91. The second-order valence-electron chi connectivity index (χ2n) is 6.57. The van der Waals surface area contributed by atoms with Crippen LogP contribution in [-0.2, 0) is 19.4 Å². The van der Waals surface area contributed by atoms with Crippen molar-refractivity contribution < 1.29 is 27.2 Å². The first kappa shape index (κ1) is 19.7. The van der Waals surface area contributed by atoms with E-state index in [0.29, 0.717) is 6.42 Å². The van der Waals surface area contributed by atoms with Gasteiger partial charge in [-0.15, -0.1) is 0 Å². The van der Waals surface area contributed by atoms with Crippen molar-refractivity contribution in [3.8, 4) is 12.0 Å². The number of aromatic nitrogens is 1. The topological polar surface area (TPSA) is 131 Å². The fraction of sp³-hybridized carbons (Fsp3) is 0.389. The number of nitrogens with one attached hydrogen (secondary N) is 1. The highest BCUT2D eigenvalue weighted by atomic mass is 32.2. The molecule has 3 rings (SSSR count). The van der Waals surface area contributed by atoms with Gasteiger partial charge in [-0.05, 0) is 32.4 Å². The van der Waals surface area contributed by atoms with E-state index in [1.807, 2.05) is 6.07 Å². The zero-order valence-corrected chi connectivity index (χ0v) is 16.2. The van der Waals surface area contributed by atoms with Crippen LogP contribution in [-0.4, -0.2) is 48.5 Å². The summed E-state index contributed by atoms with van der Waals surface area (Å²) in [6.45, 7) is 2.91. The molecular formula is C18H19N3O6S. The number of carbonyl (C=O) groups excluding carboxylic acids is 2. The van der Waals surface area contributed by atoms with Crippen LogP contribution in [0.25, 0.3) is 5.88 Å². The second-order valence-corrected chi connectivity index (χ2v) is 8.80. The molecule has 148 valence electrons. The first-order valence-electron chi connectivity index (χ1n) is 8.60. The van der Waals surface area contributed by atoms with Gasteiger partial charge in [-0.1, -0.05) is 0 Å². The normalized spacial score (nSPS) is 19.0. The lowest BCUT2D eigenvalue weighted by atomic mass is 10.1. The molecule has 1 fully saturated rings. The maximum Gasteiger partial charge on any atom is 0.343 e. The zero-order valence-electron chi connectivity index (χ0n) is 15.3. The summed E-state index contributed by atoms with van der Waals surface area (Å²) in [6, 6.07) is 4.93. The van der Waals surface area contributed by atoms with Crippen molar-refractivity contribution in [2.45, 2.75) is 32.4 Å². The Labute approximate surface area is 161 Å². The molecule has 0 saturated carbocycles. The van der Waals surface area contributed by atoms with E-state index in [0.717, 1.165) is 0 Å². The third-order valence-electron chi connectivity index (χ3n) is 4.45. The van der Waals surface area contributed by atoms with E-state index >= 15 is 0 Å². The molecule has 10 heteroatoms. The van der Waals surface area contributed by atoms with Crippen molar-refractivity contribution in [3.05, 3.63) is 41.4 Å². The van der Waals surface area contributed by atoms with Crippen LogP contribution in [0.1, 0.15) is 35.0 Å². The maximum atomic E-state index is 12.6. The molecule has 1 N–H and O–H groups in total. The number of esters is 1. The number of furan rings is 1. The molecule has 2 atom stereocenters. The molecule has 1 aliphatic rings. The van der Waals surface area contributed by atoms with Crippen molar-refractivity contribution in [1.82, 2.24) is 9.88 Å². The molecule has 3 heterocycles. The predicted molar refractivity (Wildman–Crippen MR) is 97.6 cm³/mol. The molecule has 0 aliphatic carbocycles. The Morgan fingerprint density at radius 1 is 1.39 bits per heavy atom. The standard InChI is InChI=1S/C18H19N3O6S/c1-11-15(14(9-19)17(26-11)21-6-3-4-7-21)18(23)27-12(2)16(22)20-13-5-8-28(24,25)10-13/h3-4,6-7,12-13H,5,8,10H2,1-2H3,(H,20,22)/t12-,13-/m1/s1. The molecule has 0 aromatic carbocycles. The van der Waals surface area contributed by atoms with Gasteiger partial charge in [-0.2, -0.15) is 5.26 Å². The number of aryl methyl sites for hydroxylation is 1. The summed E-state index contributed by atoms with van der Waals surface area (Å²) in [6.07, 6.45) is 2.50. The van der Waals surface area contributed by atoms with E-state index in [1.54, 1.807) is 29.1 Å². The van der Waals surface area contributed by atoms with E-state index in [9.17, 15) is 23.3 Å². The van der Waals surface area contributed by atoms with Gasteiger partial charge in [0.15, 0.2) is 15.9 Å². The Hall–Kier alpha value is -3.06. The molecule has 1 amide bonds. The summed E-state index contributed by atoms with van der Waals surface area (Å²) in [5.74, 6) is -1.18. The van der Waals surface area contributed by atoms with E-state index in [1.165, 1.54) is 13.8 Å². The number of hydrogen-bond acceptors (Lipinski definition) is 7. The number of nitriles is 1. The third-order valence-corrected chi connectivity index (χ3v) is 6.22. The van der Waals surface area contributed by atoms with Crippen LogP contribution in [0.5, 0.6) is 0 Å². The molecule has 1 saturated heterocycles. The predicted octanol–water partition coefficient (Wildman–Crippen LogP) is 1.10. The van der Waals surface area contributed by atoms with E-state index < -0.39 is 33.9 Å². The second kappa shape index (κ2) is 7.52. The molecule has 2 aromatic rings. The smallest absolute Gasteiger partial charge is 0.343 e. The Morgan fingerprint density at radius 2 is 2.07 bits per heavy atom. The average molecular weight is 405 g/mol. The lowest BCUT2D eigenvalue weighted by Crippen LogP contribution is -2.42. The number of carbonyl (C=O) groups is 2. The van der Waals surface area contributed by atoms with Gasteiger partial charge in [0.05, 0.1) is 11.5 Å². The van der Waals surface area contributed by atoms with Crippen molar-refractivity contribution >= 4 is 21.7 Å². The number of ether oxygens (including phenoxy) is 1. The molecule has 0 bridgehead atoms. The number of sulfone groups is 1. The summed E-state index contributed by atoms with van der Waals surface area (Å²) in [5.41, 5.74) is -0.0394. The molecule has 0 radical (unpaired) electrons. The zero-order chi connectivity index (χ0) is 20.5. The quantitative estimate of drug-likeness (QED) is 0.737. The minimum atomic E-state index is -3.14. The average Bonchev–Trinajstić information content (AvgIpc) is 3.33. The monoisotopic (exact) mass is 405 g/mol. The lowest BCUT2D eigenvalue weighted by Gasteiger charge is -2.16. The minimum Gasteiger partial charge on any atom is -0.449 e. The van der Waals surface area contributed by atoms with Crippen LogP contribution in [0.3, 0.4) is 0 Å². The van der Waals surface area contributed by atoms with E-state index in [-0.39, 0.29) is 34.3 Å². The summed E-state index contributed by atoms with van der Waals surface area (Å²) < 4.78 is 35.3. The molecule has 0 spiro atoms. The van der Waals surface area contributed by atoms with Gasteiger partial charge in [-0.25, -0.2) is 13.2 Å². The fourth-order valence-electron chi connectivity index (χ4n) is 3.03. The highest BCUT2D eigenvalue weighted by Gasteiger charge is 2.32. The SMILES string of the molecule is Cc1oc(-n2cccc2)c(C#N)c1C(=O)O[C@H](C)C(=O)N[C@@H]1CCS(=O)(=O)C1. The number of amides is 1. The molecule has 0 unspecified atom stereocenters. The Kier molecular flexibility index (Phi) is 5.29. The van der Waals surface area contributed by atoms with Gasteiger partial charge in [0.2, 0.25) is 5.88 Å². The van der Waals surface area contributed by atoms with Crippen LogP contribution in [0.4, 0.5) is 0 Å². The highest BCUT2D eigenvalue weighted by Crippen LogP contribution is 2.26. The Balaban J connectivity index is 1.72. The van der Waals surface area contributed by atoms with Gasteiger partial charge in [0.25, 0.3) is 5.91 Å². The molecular weight excluding hydrogens is 386 g/mol. The van der Waals surface area contributed by atoms with E-state index in [2.05, 4.69) is 5.32 Å². The minimum absolute atomic E-state index is 0.00759. The third kappa shape index (κ3) is 3.94. The van der Waals surface area contributed by atoms with Crippen molar-refractivity contribution in [1.29, 1.82) is 5.26 Å². The lowest BCUT2D eigenvalue weighted by molar-refractivity contribution is -0.129. The largest absolute Gasteiger partial charge is 0.449 e. The summed E-state index contributed by atoms with van der Waals surface area (Å²) >= 11 is 0. The summed E-state index contributed by atoms with van der Waals surface area (Å²) in [4.78, 5) is 24.8. The van der Waals surface area contributed by atoms with Gasteiger partial charge < -0.3 is 14.5 Å². The van der Waals surface area contributed by atoms with Crippen LogP contribution in [0, 0.1) is 18.3 Å². The number of rotatable bonds is 5. The summed E-state index contributed by atoms with van der Waals surface area (Å²) in [5, 5.41) is 12.0. The van der Waals surface area contributed by atoms with Gasteiger partial charge in [-0.3, -0.25) is 9.36 Å². The number of nitrogens with zero attached hydrogens (tertiary/aromatic N) is 2. The van der Waals surface area contributed by atoms with Crippen LogP contribution < -0.4 is 5.32 Å². The first-order chi connectivity index (χ1) is 13.2. The van der Waals surface area contributed by atoms with Crippen molar-refractivity contribution in [2.24, 2.45) is 0 Å². The van der Waals surface area contributed by atoms with Crippen molar-refractivity contribution in [3.63, 3.8) is 0 Å². The van der Waals surface area contributed by atoms with Gasteiger partial charge >= 0.3 is 5.97 Å². The maximum absolute atomic E-state index is 12.6. The number of hydrogen-bond donors (Lipinski definition) is 1. The summed E-state index contributed by atoms with van der Waals surface area (Å²) in [7, 11) is -3.14. The van der Waals surface area contributed by atoms with Crippen LogP contribution in [0.2, 0.25) is 0 Å². The Morgan fingerprint density at radius 3 is 2.64 bits per heavy atom. The molecule has 1 aliphatic heterocycles. The van der Waals surface area contributed by atoms with Crippen LogP contribution >= 0.6 is 0 Å². The van der Waals surface area contributed by atoms with E-state index in [4.69, 9.17) is 9.15 Å². The molecule has 2 aromatic heterocycles. The van der Waals surface area contributed by atoms with Gasteiger partial charge in [0, 0.05) is 18.4 Å².